The average molecular weight is 183 g/mol. The zero-order chi connectivity index (χ0) is 8.48. The summed E-state index contributed by atoms with van der Waals surface area (Å²) in [5.74, 6) is 0. The molecule has 1 aromatic heterocycles. The van der Waals surface area contributed by atoms with E-state index in [4.69, 9.17) is 0 Å². The summed E-state index contributed by atoms with van der Waals surface area (Å²) < 4.78 is 41.7. The van der Waals surface area contributed by atoms with E-state index in [2.05, 4.69) is 9.11 Å². The Hall–Kier alpha value is -0.780. The molecule has 0 saturated heterocycles. The van der Waals surface area contributed by atoms with Crippen LogP contribution in [0.3, 0.4) is 0 Å². The second kappa shape index (κ2) is 2.69. The molecule has 0 aliphatic carbocycles. The van der Waals surface area contributed by atoms with Gasteiger partial charge < -0.3 is 4.74 Å². The molecule has 0 aliphatic heterocycles. The Balaban J connectivity index is 2.65. The van der Waals surface area contributed by atoms with Crippen LogP contribution in [-0.2, 0) is 0 Å². The highest BCUT2D eigenvalue weighted by molar-refractivity contribution is 7.07. The molecular formula is C5H4F3NOS. The molecule has 0 aliphatic rings. The average Bonchev–Trinajstić information content (AvgIpc) is 2.10. The molecule has 0 amide bonds. The van der Waals surface area contributed by atoms with Crippen LogP contribution in [-0.4, -0.2) is 10.7 Å². The Kier molecular flexibility index (Phi) is 2.03. The second-order valence-corrected chi connectivity index (χ2v) is 2.60. The lowest BCUT2D eigenvalue weighted by Crippen LogP contribution is -2.16. The Morgan fingerprint density at radius 3 is 2.55 bits per heavy atom. The van der Waals surface area contributed by atoms with E-state index >= 15 is 0 Å². The van der Waals surface area contributed by atoms with Gasteiger partial charge in [-0.3, -0.25) is 0 Å². The van der Waals surface area contributed by atoms with Crippen molar-refractivity contribution < 1.29 is 17.9 Å². The Morgan fingerprint density at radius 1 is 1.55 bits per heavy atom. The second-order valence-electron chi connectivity index (χ2n) is 1.84. The van der Waals surface area contributed by atoms with Gasteiger partial charge in [-0.25, -0.2) is 0 Å². The summed E-state index contributed by atoms with van der Waals surface area (Å²) >= 11 is 0.684. The minimum Gasteiger partial charge on any atom is -0.394 e. The zero-order valence-electron chi connectivity index (χ0n) is 5.47. The van der Waals surface area contributed by atoms with Gasteiger partial charge in [0, 0.05) is 17.6 Å². The number of ether oxygens (including phenoxy) is 1. The molecular weight excluding hydrogens is 179 g/mol. The molecule has 0 saturated carbocycles. The molecule has 0 N–H and O–H groups in total. The first-order valence-electron chi connectivity index (χ1n) is 2.66. The smallest absolute Gasteiger partial charge is 0.394 e. The molecule has 1 aromatic rings. The van der Waals surface area contributed by atoms with Crippen molar-refractivity contribution in [3.05, 3.63) is 11.8 Å². The number of aryl methyl sites for hydroxylation is 1. The van der Waals surface area contributed by atoms with Crippen molar-refractivity contribution in [3.8, 4) is 5.06 Å². The molecule has 0 bridgehead atoms. The highest BCUT2D eigenvalue weighted by atomic mass is 32.1. The third kappa shape index (κ3) is 2.75. The molecule has 0 unspecified atom stereocenters. The topological polar surface area (TPSA) is 22.1 Å². The third-order valence-electron chi connectivity index (χ3n) is 0.823. The molecule has 1 rings (SSSR count). The van der Waals surface area contributed by atoms with Crippen LogP contribution in [0.4, 0.5) is 13.2 Å². The Morgan fingerprint density at radius 2 is 2.18 bits per heavy atom. The van der Waals surface area contributed by atoms with Crippen molar-refractivity contribution in [3.63, 3.8) is 0 Å². The molecule has 62 valence electrons. The molecule has 0 fully saturated rings. The van der Waals surface area contributed by atoms with Crippen LogP contribution in [0.15, 0.2) is 6.07 Å². The van der Waals surface area contributed by atoms with E-state index < -0.39 is 6.36 Å². The molecule has 6 heteroatoms. The molecule has 0 atom stereocenters. The van der Waals surface area contributed by atoms with Gasteiger partial charge >= 0.3 is 6.36 Å². The van der Waals surface area contributed by atoms with E-state index in [1.165, 1.54) is 6.07 Å². The number of nitrogens with zero attached hydrogens (tertiary/aromatic N) is 1. The van der Waals surface area contributed by atoms with Gasteiger partial charge in [-0.05, 0) is 6.92 Å². The van der Waals surface area contributed by atoms with Crippen LogP contribution in [0.2, 0.25) is 0 Å². The fourth-order valence-electron chi connectivity index (χ4n) is 0.502. The molecule has 0 aromatic carbocycles. The number of alkyl halides is 3. The van der Waals surface area contributed by atoms with E-state index in [9.17, 15) is 13.2 Å². The SMILES string of the molecule is Cc1cc(OC(F)(F)F)sn1. The van der Waals surface area contributed by atoms with Gasteiger partial charge in [-0.15, -0.1) is 13.2 Å². The first kappa shape index (κ1) is 8.32. The van der Waals surface area contributed by atoms with Gasteiger partial charge in [0.05, 0.1) is 5.69 Å². The fourth-order valence-corrected chi connectivity index (χ4v) is 1.14. The number of rotatable bonds is 1. The molecule has 11 heavy (non-hydrogen) atoms. The van der Waals surface area contributed by atoms with Crippen molar-refractivity contribution in [1.29, 1.82) is 0 Å². The highest BCUT2D eigenvalue weighted by Gasteiger charge is 2.31. The predicted molar refractivity (Wildman–Crippen MR) is 33.5 cm³/mol. The number of hydrogen-bond acceptors (Lipinski definition) is 3. The van der Waals surface area contributed by atoms with Crippen LogP contribution in [0.5, 0.6) is 5.06 Å². The van der Waals surface area contributed by atoms with Crippen molar-refractivity contribution in [2.45, 2.75) is 13.3 Å². The Labute approximate surface area is 64.8 Å². The van der Waals surface area contributed by atoms with Gasteiger partial charge in [0.2, 0.25) is 5.06 Å². The summed E-state index contributed by atoms with van der Waals surface area (Å²) in [7, 11) is 0. The maximum absolute atomic E-state index is 11.5. The lowest BCUT2D eigenvalue weighted by molar-refractivity contribution is -0.273. The summed E-state index contributed by atoms with van der Waals surface area (Å²) in [6.07, 6.45) is -4.61. The standard InChI is InChI=1S/C5H4F3NOS/c1-3-2-4(11-9-3)10-5(6,7)8/h2H,1H3. The summed E-state index contributed by atoms with van der Waals surface area (Å²) in [4.78, 5) is 0. The maximum atomic E-state index is 11.5. The van der Waals surface area contributed by atoms with E-state index in [0.717, 1.165) is 0 Å². The van der Waals surface area contributed by atoms with Crippen molar-refractivity contribution in [2.24, 2.45) is 0 Å². The van der Waals surface area contributed by atoms with Crippen LogP contribution in [0, 0.1) is 6.92 Å². The number of halogens is 3. The number of hydrogen-bond donors (Lipinski definition) is 0. The number of aromatic nitrogens is 1. The summed E-state index contributed by atoms with van der Waals surface area (Å²) in [6, 6.07) is 1.23. The first-order chi connectivity index (χ1) is 4.97. The molecule has 2 nitrogen and oxygen atoms in total. The monoisotopic (exact) mass is 183 g/mol. The van der Waals surface area contributed by atoms with Crippen molar-refractivity contribution in [1.82, 2.24) is 4.37 Å². The van der Waals surface area contributed by atoms with Crippen LogP contribution < -0.4 is 4.74 Å². The zero-order valence-corrected chi connectivity index (χ0v) is 6.29. The predicted octanol–water partition coefficient (Wildman–Crippen LogP) is 2.35. The quantitative estimate of drug-likeness (QED) is 0.666. The van der Waals surface area contributed by atoms with E-state index in [1.807, 2.05) is 0 Å². The van der Waals surface area contributed by atoms with E-state index in [-0.39, 0.29) is 5.06 Å². The highest BCUT2D eigenvalue weighted by Crippen LogP contribution is 2.26. The van der Waals surface area contributed by atoms with Gasteiger partial charge in [-0.2, -0.15) is 4.37 Å². The van der Waals surface area contributed by atoms with Gasteiger partial charge in [0.15, 0.2) is 0 Å². The fraction of sp³-hybridized carbons (Fsp3) is 0.400. The summed E-state index contributed by atoms with van der Waals surface area (Å²) in [5.41, 5.74) is 0.522. The summed E-state index contributed by atoms with van der Waals surface area (Å²) in [5, 5.41) is -0.227. The molecule has 1 heterocycles. The van der Waals surface area contributed by atoms with Gasteiger partial charge in [0.25, 0.3) is 0 Å². The normalized spacial score (nSPS) is 11.6. The maximum Gasteiger partial charge on any atom is 0.573 e. The first-order valence-corrected chi connectivity index (χ1v) is 3.44. The lowest BCUT2D eigenvalue weighted by Gasteiger charge is -2.03. The minimum absolute atomic E-state index is 0.227. The largest absolute Gasteiger partial charge is 0.573 e. The molecule has 0 radical (unpaired) electrons. The Bertz CT molecular complexity index is 244. The minimum atomic E-state index is -4.61. The summed E-state index contributed by atoms with van der Waals surface area (Å²) in [6.45, 7) is 1.60. The van der Waals surface area contributed by atoms with Crippen molar-refractivity contribution >= 4 is 11.5 Å². The van der Waals surface area contributed by atoms with Crippen molar-refractivity contribution in [2.75, 3.05) is 0 Å². The third-order valence-corrected chi connectivity index (χ3v) is 1.58. The van der Waals surface area contributed by atoms with Crippen LogP contribution in [0.25, 0.3) is 0 Å². The van der Waals surface area contributed by atoms with Gasteiger partial charge in [-0.1, -0.05) is 0 Å². The van der Waals surface area contributed by atoms with E-state index in [1.54, 1.807) is 6.92 Å². The van der Waals surface area contributed by atoms with E-state index in [0.29, 0.717) is 17.2 Å². The molecule has 0 spiro atoms. The van der Waals surface area contributed by atoms with Gasteiger partial charge in [0.1, 0.15) is 0 Å². The van der Waals surface area contributed by atoms with Crippen LogP contribution >= 0.6 is 11.5 Å². The lowest BCUT2D eigenvalue weighted by atomic mass is 10.5. The van der Waals surface area contributed by atoms with Crippen LogP contribution in [0.1, 0.15) is 5.69 Å².